The van der Waals surface area contributed by atoms with Gasteiger partial charge < -0.3 is 10.8 Å². The van der Waals surface area contributed by atoms with Gasteiger partial charge in [0.05, 0.1) is 16.9 Å². The van der Waals surface area contributed by atoms with Crippen LogP contribution in [0.4, 0.5) is 0 Å². The van der Waals surface area contributed by atoms with E-state index in [1.807, 2.05) is 0 Å². The lowest BCUT2D eigenvalue weighted by Crippen LogP contribution is -2.51. The third kappa shape index (κ3) is 2.74. The van der Waals surface area contributed by atoms with E-state index in [0.717, 1.165) is 0 Å². The summed E-state index contributed by atoms with van der Waals surface area (Å²) in [6.07, 6.45) is 1.27. The third-order valence-electron chi connectivity index (χ3n) is 3.39. The highest BCUT2D eigenvalue weighted by atomic mass is 32.2. The Bertz CT molecular complexity index is 374. The summed E-state index contributed by atoms with van der Waals surface area (Å²) in [6, 6.07) is -0.625. The van der Waals surface area contributed by atoms with Crippen LogP contribution >= 0.6 is 0 Å². The molecule has 16 heavy (non-hydrogen) atoms. The Balaban J connectivity index is 2.82. The van der Waals surface area contributed by atoms with Crippen LogP contribution in [0.2, 0.25) is 0 Å². The molecule has 0 aliphatic carbocycles. The van der Waals surface area contributed by atoms with Gasteiger partial charge in [-0.15, -0.1) is 0 Å². The van der Waals surface area contributed by atoms with Crippen LogP contribution in [0.15, 0.2) is 0 Å². The maximum atomic E-state index is 11.5. The minimum atomic E-state index is -3.04. The van der Waals surface area contributed by atoms with E-state index < -0.39 is 27.3 Å². The second kappa shape index (κ2) is 4.33. The first-order chi connectivity index (χ1) is 7.17. The minimum Gasteiger partial charge on any atom is -0.481 e. The molecule has 5 nitrogen and oxygen atoms in total. The van der Waals surface area contributed by atoms with Crippen molar-refractivity contribution >= 4 is 15.8 Å². The molecule has 1 aliphatic heterocycles. The summed E-state index contributed by atoms with van der Waals surface area (Å²) in [6.45, 7) is 3.09. The smallest absolute Gasteiger partial charge is 0.310 e. The Morgan fingerprint density at radius 2 is 2.06 bits per heavy atom. The van der Waals surface area contributed by atoms with Gasteiger partial charge in [0.1, 0.15) is 0 Å². The molecular formula is C10H19NO4S. The zero-order valence-corrected chi connectivity index (χ0v) is 10.5. The number of nitrogens with two attached hydrogens (primary N) is 1. The first-order valence-electron chi connectivity index (χ1n) is 5.36. The summed E-state index contributed by atoms with van der Waals surface area (Å²) in [5, 5.41) is 9.04. The van der Waals surface area contributed by atoms with E-state index in [4.69, 9.17) is 10.8 Å². The van der Waals surface area contributed by atoms with Gasteiger partial charge >= 0.3 is 5.97 Å². The summed E-state index contributed by atoms with van der Waals surface area (Å²) in [5.41, 5.74) is 4.82. The SMILES string of the molecule is CC(C)(C(=O)O)C(N)C1CCCS(=O)(=O)C1. The van der Waals surface area contributed by atoms with Crippen LogP contribution in [0.25, 0.3) is 0 Å². The van der Waals surface area contributed by atoms with Gasteiger partial charge in [0.15, 0.2) is 9.84 Å². The highest BCUT2D eigenvalue weighted by Crippen LogP contribution is 2.30. The molecule has 2 atom stereocenters. The lowest BCUT2D eigenvalue weighted by Gasteiger charge is -2.35. The quantitative estimate of drug-likeness (QED) is 0.747. The fourth-order valence-electron chi connectivity index (χ4n) is 2.07. The van der Waals surface area contributed by atoms with Crippen LogP contribution in [0.5, 0.6) is 0 Å². The van der Waals surface area contributed by atoms with E-state index in [0.29, 0.717) is 12.8 Å². The maximum Gasteiger partial charge on any atom is 0.310 e. The second-order valence-corrected chi connectivity index (χ2v) is 7.30. The number of hydrogen-bond donors (Lipinski definition) is 2. The first-order valence-corrected chi connectivity index (χ1v) is 7.18. The average molecular weight is 249 g/mol. The van der Waals surface area contributed by atoms with Gasteiger partial charge in [-0.3, -0.25) is 4.79 Å². The molecule has 3 N–H and O–H groups in total. The Morgan fingerprint density at radius 1 is 1.50 bits per heavy atom. The lowest BCUT2D eigenvalue weighted by molar-refractivity contribution is -0.148. The van der Waals surface area contributed by atoms with Crippen LogP contribution in [0.3, 0.4) is 0 Å². The molecule has 0 aromatic heterocycles. The molecule has 1 fully saturated rings. The second-order valence-electron chi connectivity index (χ2n) is 5.07. The van der Waals surface area contributed by atoms with E-state index >= 15 is 0 Å². The normalized spacial score (nSPS) is 27.3. The number of carboxylic acid groups (broad SMARTS) is 1. The van der Waals surface area contributed by atoms with Crippen molar-refractivity contribution in [2.75, 3.05) is 11.5 Å². The molecule has 1 saturated heterocycles. The summed E-state index contributed by atoms with van der Waals surface area (Å²) >= 11 is 0. The number of hydrogen-bond acceptors (Lipinski definition) is 4. The fourth-order valence-corrected chi connectivity index (χ4v) is 3.87. The number of sulfone groups is 1. The van der Waals surface area contributed by atoms with Crippen LogP contribution in [0.1, 0.15) is 26.7 Å². The van der Waals surface area contributed by atoms with Crippen molar-refractivity contribution in [3.63, 3.8) is 0 Å². The Morgan fingerprint density at radius 3 is 2.50 bits per heavy atom. The van der Waals surface area contributed by atoms with Crippen molar-refractivity contribution in [3.05, 3.63) is 0 Å². The van der Waals surface area contributed by atoms with Gasteiger partial charge in [0, 0.05) is 6.04 Å². The third-order valence-corrected chi connectivity index (χ3v) is 5.24. The highest BCUT2D eigenvalue weighted by Gasteiger charge is 2.41. The summed E-state index contributed by atoms with van der Waals surface area (Å²) in [5.74, 6) is -1.01. The summed E-state index contributed by atoms with van der Waals surface area (Å²) in [7, 11) is -3.04. The molecule has 6 heteroatoms. The van der Waals surface area contributed by atoms with Gasteiger partial charge in [-0.1, -0.05) is 0 Å². The molecule has 0 aromatic rings. The van der Waals surface area contributed by atoms with Crippen molar-refractivity contribution in [3.8, 4) is 0 Å². The molecule has 1 rings (SSSR count). The van der Waals surface area contributed by atoms with Crippen molar-refractivity contribution in [2.45, 2.75) is 32.7 Å². The number of aliphatic carboxylic acids is 1. The molecular weight excluding hydrogens is 230 g/mol. The molecule has 0 spiro atoms. The monoisotopic (exact) mass is 249 g/mol. The standard InChI is InChI=1S/C10H19NO4S/c1-10(2,9(12)13)8(11)7-4-3-5-16(14,15)6-7/h7-8H,3-6,11H2,1-2H3,(H,12,13). The van der Waals surface area contributed by atoms with Gasteiger partial charge in [-0.2, -0.15) is 0 Å². The van der Waals surface area contributed by atoms with Crippen molar-refractivity contribution in [1.82, 2.24) is 0 Å². The van der Waals surface area contributed by atoms with Gasteiger partial charge in [0.2, 0.25) is 0 Å². The van der Waals surface area contributed by atoms with Gasteiger partial charge in [-0.05, 0) is 32.6 Å². The lowest BCUT2D eigenvalue weighted by atomic mass is 9.77. The highest BCUT2D eigenvalue weighted by molar-refractivity contribution is 7.91. The number of rotatable bonds is 3. The fraction of sp³-hybridized carbons (Fsp3) is 0.900. The molecule has 1 aliphatic rings. The minimum absolute atomic E-state index is 0.0187. The molecule has 1 heterocycles. The van der Waals surface area contributed by atoms with E-state index in [1.165, 1.54) is 0 Å². The first kappa shape index (κ1) is 13.4. The molecule has 2 unspecified atom stereocenters. The summed E-state index contributed by atoms with van der Waals surface area (Å²) in [4.78, 5) is 11.0. The van der Waals surface area contributed by atoms with Crippen LogP contribution < -0.4 is 5.73 Å². The van der Waals surface area contributed by atoms with Gasteiger partial charge in [-0.25, -0.2) is 8.42 Å². The average Bonchev–Trinajstić information content (AvgIpc) is 2.14. The molecule has 94 valence electrons. The van der Waals surface area contributed by atoms with Gasteiger partial charge in [0.25, 0.3) is 0 Å². The Kier molecular flexibility index (Phi) is 3.64. The van der Waals surface area contributed by atoms with E-state index in [1.54, 1.807) is 13.8 Å². The van der Waals surface area contributed by atoms with E-state index in [9.17, 15) is 13.2 Å². The van der Waals surface area contributed by atoms with Crippen LogP contribution in [-0.2, 0) is 14.6 Å². The Labute approximate surface area is 95.9 Å². The van der Waals surface area contributed by atoms with E-state index in [-0.39, 0.29) is 17.4 Å². The topological polar surface area (TPSA) is 97.5 Å². The largest absolute Gasteiger partial charge is 0.481 e. The summed E-state index contributed by atoms with van der Waals surface area (Å²) < 4.78 is 22.9. The zero-order valence-electron chi connectivity index (χ0n) is 9.64. The van der Waals surface area contributed by atoms with Crippen molar-refractivity contribution < 1.29 is 18.3 Å². The predicted octanol–water partition coefficient (Wildman–Crippen LogP) is 0.249. The van der Waals surface area contributed by atoms with Crippen molar-refractivity contribution in [2.24, 2.45) is 17.1 Å². The number of carbonyl (C=O) groups is 1. The molecule has 0 radical (unpaired) electrons. The van der Waals surface area contributed by atoms with Crippen LogP contribution in [0, 0.1) is 11.3 Å². The maximum absolute atomic E-state index is 11.5. The van der Waals surface area contributed by atoms with Crippen LogP contribution in [-0.4, -0.2) is 37.0 Å². The molecule has 0 amide bonds. The zero-order chi connectivity index (χ0) is 12.6. The van der Waals surface area contributed by atoms with Crippen molar-refractivity contribution in [1.29, 1.82) is 0 Å². The Hall–Kier alpha value is -0.620. The number of carboxylic acids is 1. The molecule has 0 bridgehead atoms. The predicted molar refractivity (Wildman–Crippen MR) is 60.8 cm³/mol. The van der Waals surface area contributed by atoms with E-state index in [2.05, 4.69) is 0 Å². The molecule has 0 saturated carbocycles. The molecule has 0 aromatic carbocycles.